The molecule has 2 unspecified atom stereocenters. The van der Waals surface area contributed by atoms with Crippen LogP contribution in [0.4, 0.5) is 0 Å². The summed E-state index contributed by atoms with van der Waals surface area (Å²) in [5.74, 6) is 2.37. The minimum Gasteiger partial charge on any atom is -0.351 e. The second-order valence-corrected chi connectivity index (χ2v) is 6.62. The summed E-state index contributed by atoms with van der Waals surface area (Å²) in [6.07, 6.45) is 4.75. The quantitative estimate of drug-likeness (QED) is 0.873. The predicted octanol–water partition coefficient (Wildman–Crippen LogP) is 2.97. The van der Waals surface area contributed by atoms with Crippen LogP contribution >= 0.6 is 11.3 Å². The third-order valence-corrected chi connectivity index (χ3v) is 5.35. The van der Waals surface area contributed by atoms with Crippen molar-refractivity contribution in [2.45, 2.75) is 39.2 Å². The molecule has 2 aliphatic rings. The number of carbonyl (C=O) groups is 1. The molecule has 1 aromatic heterocycles. The maximum Gasteiger partial charge on any atom is 0.223 e. The topological polar surface area (TPSA) is 29.1 Å². The molecule has 92 valence electrons. The van der Waals surface area contributed by atoms with Crippen LogP contribution in [0.25, 0.3) is 0 Å². The SMILES string of the molecule is CCc1ccc(CNC(=O)C2CC3CC3C2)s1. The van der Waals surface area contributed by atoms with E-state index in [2.05, 4.69) is 24.4 Å². The summed E-state index contributed by atoms with van der Waals surface area (Å²) in [5.41, 5.74) is 0. The first-order chi connectivity index (χ1) is 8.26. The molecule has 0 radical (unpaired) electrons. The van der Waals surface area contributed by atoms with Crippen molar-refractivity contribution < 1.29 is 4.79 Å². The molecule has 2 saturated carbocycles. The molecule has 2 aliphatic carbocycles. The number of thiophene rings is 1. The zero-order chi connectivity index (χ0) is 11.8. The number of nitrogens with one attached hydrogen (secondary N) is 1. The summed E-state index contributed by atoms with van der Waals surface area (Å²) in [6, 6.07) is 4.30. The molecule has 0 aliphatic heterocycles. The second-order valence-electron chi connectivity index (χ2n) is 5.36. The third-order valence-electron chi connectivity index (χ3n) is 4.12. The van der Waals surface area contributed by atoms with Crippen molar-refractivity contribution >= 4 is 17.2 Å². The van der Waals surface area contributed by atoms with Crippen LogP contribution in [0.1, 0.15) is 35.9 Å². The fourth-order valence-electron chi connectivity index (χ4n) is 2.95. The Bertz CT molecular complexity index is 416. The van der Waals surface area contributed by atoms with Gasteiger partial charge >= 0.3 is 0 Å². The van der Waals surface area contributed by atoms with Crippen molar-refractivity contribution in [2.24, 2.45) is 17.8 Å². The molecule has 1 heterocycles. The first-order valence-electron chi connectivity index (χ1n) is 6.61. The van der Waals surface area contributed by atoms with Gasteiger partial charge in [0.05, 0.1) is 6.54 Å². The molecule has 0 aromatic carbocycles. The van der Waals surface area contributed by atoms with E-state index in [1.165, 1.54) is 16.2 Å². The van der Waals surface area contributed by atoms with E-state index in [0.29, 0.717) is 5.92 Å². The lowest BCUT2D eigenvalue weighted by atomic mass is 10.0. The molecule has 3 rings (SSSR count). The largest absolute Gasteiger partial charge is 0.351 e. The van der Waals surface area contributed by atoms with E-state index in [9.17, 15) is 4.79 Å². The highest BCUT2D eigenvalue weighted by atomic mass is 32.1. The molecule has 0 saturated heterocycles. The molecule has 0 spiro atoms. The Morgan fingerprint density at radius 1 is 1.29 bits per heavy atom. The first kappa shape index (κ1) is 11.3. The lowest BCUT2D eigenvalue weighted by molar-refractivity contribution is -0.125. The Labute approximate surface area is 106 Å². The Morgan fingerprint density at radius 3 is 2.65 bits per heavy atom. The minimum absolute atomic E-state index is 0.281. The van der Waals surface area contributed by atoms with E-state index in [0.717, 1.165) is 37.6 Å². The zero-order valence-corrected chi connectivity index (χ0v) is 11.1. The molecular weight excluding hydrogens is 230 g/mol. The number of carbonyl (C=O) groups excluding carboxylic acids is 1. The Kier molecular flexibility index (Phi) is 2.95. The predicted molar refractivity (Wildman–Crippen MR) is 69.9 cm³/mol. The van der Waals surface area contributed by atoms with Gasteiger partial charge < -0.3 is 5.32 Å². The molecule has 2 nitrogen and oxygen atoms in total. The number of fused-ring (bicyclic) bond motifs is 1. The van der Waals surface area contributed by atoms with Gasteiger partial charge in [-0.15, -0.1) is 11.3 Å². The van der Waals surface area contributed by atoms with E-state index in [-0.39, 0.29) is 5.91 Å². The van der Waals surface area contributed by atoms with Crippen LogP contribution in [0, 0.1) is 17.8 Å². The molecular formula is C14H19NOS. The molecule has 1 amide bonds. The molecule has 3 heteroatoms. The summed E-state index contributed by atoms with van der Waals surface area (Å²) in [4.78, 5) is 14.6. The van der Waals surface area contributed by atoms with Crippen molar-refractivity contribution in [3.05, 3.63) is 21.9 Å². The van der Waals surface area contributed by atoms with Gasteiger partial charge in [0, 0.05) is 15.7 Å². The lowest BCUT2D eigenvalue weighted by Crippen LogP contribution is -2.29. The van der Waals surface area contributed by atoms with Gasteiger partial charge in [0.2, 0.25) is 5.91 Å². The van der Waals surface area contributed by atoms with Crippen LogP contribution < -0.4 is 5.32 Å². The maximum atomic E-state index is 12.0. The number of aryl methyl sites for hydroxylation is 1. The summed E-state index contributed by atoms with van der Waals surface area (Å²) >= 11 is 1.81. The Balaban J connectivity index is 1.48. The molecule has 17 heavy (non-hydrogen) atoms. The number of amides is 1. The first-order valence-corrected chi connectivity index (χ1v) is 7.43. The Hall–Kier alpha value is -0.830. The molecule has 2 atom stereocenters. The van der Waals surface area contributed by atoms with Crippen LogP contribution in [-0.2, 0) is 17.8 Å². The average molecular weight is 249 g/mol. The maximum absolute atomic E-state index is 12.0. The van der Waals surface area contributed by atoms with Crippen molar-refractivity contribution in [3.63, 3.8) is 0 Å². The molecule has 1 aromatic rings. The van der Waals surface area contributed by atoms with E-state index < -0.39 is 0 Å². The van der Waals surface area contributed by atoms with E-state index in [1.54, 1.807) is 0 Å². The second kappa shape index (κ2) is 4.45. The summed E-state index contributed by atoms with van der Waals surface area (Å²) in [5, 5.41) is 3.09. The normalized spacial score (nSPS) is 30.1. The minimum atomic E-state index is 0.281. The van der Waals surface area contributed by atoms with Gasteiger partial charge in [0.15, 0.2) is 0 Å². The van der Waals surface area contributed by atoms with E-state index in [4.69, 9.17) is 0 Å². The van der Waals surface area contributed by atoms with Gasteiger partial charge in [-0.25, -0.2) is 0 Å². The highest BCUT2D eigenvalue weighted by molar-refractivity contribution is 7.11. The molecule has 2 fully saturated rings. The van der Waals surface area contributed by atoms with Crippen molar-refractivity contribution in [1.82, 2.24) is 5.32 Å². The molecule has 1 N–H and O–H groups in total. The summed E-state index contributed by atoms with van der Waals surface area (Å²) < 4.78 is 0. The smallest absolute Gasteiger partial charge is 0.223 e. The summed E-state index contributed by atoms with van der Waals surface area (Å²) in [6.45, 7) is 2.88. The van der Waals surface area contributed by atoms with Crippen molar-refractivity contribution in [2.75, 3.05) is 0 Å². The zero-order valence-electron chi connectivity index (χ0n) is 10.2. The lowest BCUT2D eigenvalue weighted by Gasteiger charge is -2.11. The van der Waals surface area contributed by atoms with Crippen molar-refractivity contribution in [1.29, 1.82) is 0 Å². The third kappa shape index (κ3) is 2.39. The van der Waals surface area contributed by atoms with Gasteiger partial charge in [-0.3, -0.25) is 4.79 Å². The van der Waals surface area contributed by atoms with Crippen LogP contribution in [0.3, 0.4) is 0 Å². The van der Waals surface area contributed by atoms with Gasteiger partial charge in [-0.05, 0) is 49.7 Å². The molecule has 0 bridgehead atoms. The standard InChI is InChI=1S/C14H19NOS/c1-2-12-3-4-13(17-12)8-15-14(16)11-6-9-5-10(9)7-11/h3-4,9-11H,2,5-8H2,1H3,(H,15,16). The van der Waals surface area contributed by atoms with Crippen LogP contribution in [0.5, 0.6) is 0 Å². The van der Waals surface area contributed by atoms with Gasteiger partial charge in [-0.1, -0.05) is 6.92 Å². The number of hydrogen-bond acceptors (Lipinski definition) is 2. The average Bonchev–Trinajstić information content (AvgIpc) is 2.82. The van der Waals surface area contributed by atoms with Gasteiger partial charge in [0.25, 0.3) is 0 Å². The van der Waals surface area contributed by atoms with Gasteiger partial charge in [-0.2, -0.15) is 0 Å². The van der Waals surface area contributed by atoms with E-state index in [1.807, 2.05) is 11.3 Å². The van der Waals surface area contributed by atoms with Crippen molar-refractivity contribution in [3.8, 4) is 0 Å². The number of rotatable bonds is 4. The Morgan fingerprint density at radius 2 is 2.00 bits per heavy atom. The fourth-order valence-corrected chi connectivity index (χ4v) is 3.85. The van der Waals surface area contributed by atoms with E-state index >= 15 is 0 Å². The highest BCUT2D eigenvalue weighted by Gasteiger charge is 2.47. The van der Waals surface area contributed by atoms with Crippen LogP contribution in [0.2, 0.25) is 0 Å². The summed E-state index contributed by atoms with van der Waals surface area (Å²) in [7, 11) is 0. The van der Waals surface area contributed by atoms with Crippen LogP contribution in [0.15, 0.2) is 12.1 Å². The highest BCUT2D eigenvalue weighted by Crippen LogP contribution is 2.54. The number of hydrogen-bond donors (Lipinski definition) is 1. The van der Waals surface area contributed by atoms with Gasteiger partial charge in [0.1, 0.15) is 0 Å². The van der Waals surface area contributed by atoms with Crippen LogP contribution in [-0.4, -0.2) is 5.91 Å². The fraction of sp³-hybridized carbons (Fsp3) is 0.643. The monoisotopic (exact) mass is 249 g/mol.